The molecular weight excluding hydrogens is 179 g/mol. The van der Waals surface area contributed by atoms with E-state index >= 15 is 0 Å². The van der Waals surface area contributed by atoms with Crippen LogP contribution in [0.5, 0.6) is 0 Å². The van der Waals surface area contributed by atoms with Gasteiger partial charge in [-0.25, -0.2) is 0 Å². The summed E-state index contributed by atoms with van der Waals surface area (Å²) in [5, 5.41) is 0. The molecule has 0 aliphatic heterocycles. The molecule has 1 aromatic rings. The summed E-state index contributed by atoms with van der Waals surface area (Å²) in [5.74, 6) is 0. The molecule has 0 amide bonds. The van der Waals surface area contributed by atoms with Gasteiger partial charge in [-0.05, 0) is 24.0 Å². The molecule has 1 heteroatoms. The van der Waals surface area contributed by atoms with Gasteiger partial charge in [0.05, 0.1) is 7.85 Å². The molecule has 0 saturated heterocycles. The van der Waals surface area contributed by atoms with Crippen LogP contribution in [-0.4, -0.2) is 7.85 Å². The third-order valence-electron chi connectivity index (χ3n) is 2.63. The lowest BCUT2D eigenvalue weighted by Gasteiger charge is -2.02. The summed E-state index contributed by atoms with van der Waals surface area (Å²) >= 11 is 0. The maximum Gasteiger partial charge on any atom is 0.0653 e. The molecule has 0 nitrogen and oxygen atoms in total. The summed E-state index contributed by atoms with van der Waals surface area (Å²) in [7, 11) is 5.44. The Labute approximate surface area is 94.8 Å². The molecule has 1 aromatic carbocycles. The van der Waals surface area contributed by atoms with Crippen molar-refractivity contribution < 1.29 is 0 Å². The third kappa shape index (κ3) is 4.87. The highest BCUT2D eigenvalue weighted by molar-refractivity contribution is 6.08. The number of hydrogen-bond donors (Lipinski definition) is 0. The zero-order valence-electron chi connectivity index (χ0n) is 9.41. The molecule has 78 valence electrons. The first-order chi connectivity index (χ1) is 7.36. The van der Waals surface area contributed by atoms with Gasteiger partial charge in [0.25, 0.3) is 0 Å². The molecule has 0 spiro atoms. The summed E-state index contributed by atoms with van der Waals surface area (Å²) in [5.41, 5.74) is 2.62. The Bertz CT molecular complexity index is 274. The van der Waals surface area contributed by atoms with Crippen molar-refractivity contribution in [1.82, 2.24) is 0 Å². The van der Waals surface area contributed by atoms with E-state index in [-0.39, 0.29) is 0 Å². The largest absolute Gasteiger partial charge is 0.0985 e. The zero-order chi connectivity index (χ0) is 10.9. The first kappa shape index (κ1) is 12.1. The first-order valence-corrected chi connectivity index (χ1v) is 5.78. The highest BCUT2D eigenvalue weighted by Crippen LogP contribution is 2.10. The molecule has 1 rings (SSSR count). The Hall–Kier alpha value is -0.975. The van der Waals surface area contributed by atoms with Crippen LogP contribution >= 0.6 is 0 Å². The van der Waals surface area contributed by atoms with Crippen LogP contribution in [0.3, 0.4) is 0 Å². The van der Waals surface area contributed by atoms with E-state index in [1.807, 2.05) is 6.08 Å². The standard InChI is InChI=1S/C14H19B/c1-2-13-8-10-14(11-9-13)7-5-3-4-6-12-15/h2,8-11H,1,3-7,12H2. The van der Waals surface area contributed by atoms with E-state index in [0.717, 1.165) is 12.7 Å². The second-order valence-corrected chi connectivity index (χ2v) is 3.90. The number of hydrogen-bond acceptors (Lipinski definition) is 0. The molecule has 0 unspecified atom stereocenters. The van der Waals surface area contributed by atoms with Crippen molar-refractivity contribution in [3.8, 4) is 0 Å². The molecule has 0 aromatic heterocycles. The van der Waals surface area contributed by atoms with Crippen molar-refractivity contribution >= 4 is 13.9 Å². The lowest BCUT2D eigenvalue weighted by atomic mass is 9.98. The van der Waals surface area contributed by atoms with Gasteiger partial charge in [0, 0.05) is 0 Å². The Kier molecular flexibility index (Phi) is 5.91. The Morgan fingerprint density at radius 2 is 1.67 bits per heavy atom. The van der Waals surface area contributed by atoms with Gasteiger partial charge < -0.3 is 0 Å². The fourth-order valence-corrected chi connectivity index (χ4v) is 1.65. The molecule has 15 heavy (non-hydrogen) atoms. The minimum absolute atomic E-state index is 0.827. The summed E-state index contributed by atoms with van der Waals surface area (Å²) in [4.78, 5) is 0. The van der Waals surface area contributed by atoms with Gasteiger partial charge in [0.2, 0.25) is 0 Å². The minimum atomic E-state index is 0.827. The van der Waals surface area contributed by atoms with E-state index < -0.39 is 0 Å². The van der Waals surface area contributed by atoms with Gasteiger partial charge in [-0.2, -0.15) is 0 Å². The quantitative estimate of drug-likeness (QED) is 0.458. The van der Waals surface area contributed by atoms with Crippen molar-refractivity contribution in [2.24, 2.45) is 0 Å². The number of aryl methyl sites for hydroxylation is 1. The first-order valence-electron chi connectivity index (χ1n) is 5.78. The Morgan fingerprint density at radius 1 is 1.00 bits per heavy atom. The van der Waals surface area contributed by atoms with E-state index in [1.165, 1.54) is 36.8 Å². The fraction of sp³-hybridized carbons (Fsp3) is 0.429. The van der Waals surface area contributed by atoms with Crippen molar-refractivity contribution in [2.45, 2.75) is 38.4 Å². The lowest BCUT2D eigenvalue weighted by Crippen LogP contribution is -1.86. The SMILES string of the molecule is [B]CCCCCCc1ccc(C=C)cc1. The molecule has 0 saturated carbocycles. The van der Waals surface area contributed by atoms with Crippen LogP contribution < -0.4 is 0 Å². The van der Waals surface area contributed by atoms with Gasteiger partial charge >= 0.3 is 0 Å². The molecule has 0 fully saturated rings. The average Bonchev–Trinajstić information content (AvgIpc) is 2.30. The normalized spacial score (nSPS) is 10.1. The highest BCUT2D eigenvalue weighted by Gasteiger charge is 1.93. The smallest absolute Gasteiger partial charge is 0.0653 e. The number of rotatable bonds is 7. The van der Waals surface area contributed by atoms with E-state index in [9.17, 15) is 0 Å². The molecule has 0 atom stereocenters. The maximum absolute atomic E-state index is 5.44. The van der Waals surface area contributed by atoms with Gasteiger partial charge in [0.1, 0.15) is 0 Å². The van der Waals surface area contributed by atoms with Crippen LogP contribution in [0.1, 0.15) is 36.8 Å². The van der Waals surface area contributed by atoms with Crippen molar-refractivity contribution in [3.05, 3.63) is 42.0 Å². The van der Waals surface area contributed by atoms with Gasteiger partial charge in [-0.15, -0.1) is 0 Å². The Balaban J connectivity index is 2.22. The molecule has 0 N–H and O–H groups in total. The monoisotopic (exact) mass is 198 g/mol. The van der Waals surface area contributed by atoms with Crippen molar-refractivity contribution in [3.63, 3.8) is 0 Å². The summed E-state index contributed by atoms with van der Waals surface area (Å²) in [6.45, 7) is 3.74. The average molecular weight is 198 g/mol. The number of benzene rings is 1. The fourth-order valence-electron chi connectivity index (χ4n) is 1.65. The minimum Gasteiger partial charge on any atom is -0.0985 e. The van der Waals surface area contributed by atoms with E-state index in [2.05, 4.69) is 30.8 Å². The molecule has 2 radical (unpaired) electrons. The lowest BCUT2D eigenvalue weighted by molar-refractivity contribution is 0.666. The summed E-state index contributed by atoms with van der Waals surface area (Å²) < 4.78 is 0. The third-order valence-corrected chi connectivity index (χ3v) is 2.63. The zero-order valence-corrected chi connectivity index (χ0v) is 9.41. The van der Waals surface area contributed by atoms with Crippen LogP contribution in [0.4, 0.5) is 0 Å². The summed E-state index contributed by atoms with van der Waals surface area (Å²) in [6.07, 6.45) is 8.88. The second-order valence-electron chi connectivity index (χ2n) is 3.90. The van der Waals surface area contributed by atoms with E-state index in [4.69, 9.17) is 7.85 Å². The second kappa shape index (κ2) is 7.33. The molecule has 0 aliphatic rings. The molecular formula is C14H19B. The van der Waals surface area contributed by atoms with Crippen LogP contribution in [-0.2, 0) is 6.42 Å². The van der Waals surface area contributed by atoms with Crippen LogP contribution in [0.15, 0.2) is 30.8 Å². The maximum atomic E-state index is 5.44. The van der Waals surface area contributed by atoms with Crippen LogP contribution in [0, 0.1) is 0 Å². The number of unbranched alkanes of at least 4 members (excludes halogenated alkanes) is 3. The molecule has 0 bridgehead atoms. The highest BCUT2D eigenvalue weighted by atomic mass is 14.0. The topological polar surface area (TPSA) is 0 Å². The molecule has 0 heterocycles. The summed E-state index contributed by atoms with van der Waals surface area (Å²) in [6, 6.07) is 8.64. The van der Waals surface area contributed by atoms with Crippen LogP contribution in [0.25, 0.3) is 6.08 Å². The predicted octanol–water partition coefficient (Wildman–Crippen LogP) is 4.02. The Morgan fingerprint density at radius 3 is 2.27 bits per heavy atom. The van der Waals surface area contributed by atoms with E-state index in [0.29, 0.717) is 0 Å². The van der Waals surface area contributed by atoms with Crippen molar-refractivity contribution in [1.29, 1.82) is 0 Å². The van der Waals surface area contributed by atoms with Gasteiger partial charge in [0.15, 0.2) is 0 Å². The van der Waals surface area contributed by atoms with Crippen molar-refractivity contribution in [2.75, 3.05) is 0 Å². The van der Waals surface area contributed by atoms with Gasteiger partial charge in [-0.3, -0.25) is 0 Å². The van der Waals surface area contributed by atoms with Crippen LogP contribution in [0.2, 0.25) is 6.32 Å². The van der Waals surface area contributed by atoms with Gasteiger partial charge in [-0.1, -0.05) is 62.5 Å². The van der Waals surface area contributed by atoms with E-state index in [1.54, 1.807) is 0 Å². The predicted molar refractivity (Wildman–Crippen MR) is 69.3 cm³/mol. The molecule has 0 aliphatic carbocycles.